The minimum atomic E-state index is 0.0464. The summed E-state index contributed by atoms with van der Waals surface area (Å²) < 4.78 is 5.61. The number of likely N-dealkylation sites (tertiary alicyclic amines) is 2. The molecule has 1 spiro atoms. The van der Waals surface area contributed by atoms with Crippen LogP contribution in [-0.4, -0.2) is 60.7 Å². The summed E-state index contributed by atoms with van der Waals surface area (Å²) in [7, 11) is 1.74. The lowest BCUT2D eigenvalue weighted by Gasteiger charge is -2.48. The van der Waals surface area contributed by atoms with Gasteiger partial charge in [-0.1, -0.05) is 26.0 Å². The maximum absolute atomic E-state index is 12.2. The number of aliphatic hydroxyl groups excluding tert-OH is 1. The highest BCUT2D eigenvalue weighted by molar-refractivity contribution is 5.77. The molecular formula is C22H34N2O3. The summed E-state index contributed by atoms with van der Waals surface area (Å²) in [5.41, 5.74) is 2.76. The molecule has 0 unspecified atom stereocenters. The third-order valence-electron chi connectivity index (χ3n) is 6.22. The Balaban J connectivity index is 1.73. The normalized spacial score (nSPS) is 24.0. The molecule has 0 saturated carbocycles. The first-order valence-electron chi connectivity index (χ1n) is 10.2. The Kier molecular flexibility index (Phi) is 6.43. The molecule has 3 rings (SSSR count). The third-order valence-corrected chi connectivity index (χ3v) is 6.22. The smallest absolute Gasteiger partial charge is 0.222 e. The number of hydrogen-bond donors (Lipinski definition) is 1. The van der Waals surface area contributed by atoms with E-state index < -0.39 is 0 Å². The number of ether oxygens (including phenoxy) is 1. The first-order valence-corrected chi connectivity index (χ1v) is 10.2. The van der Waals surface area contributed by atoms with Crippen molar-refractivity contribution in [3.05, 3.63) is 29.3 Å². The summed E-state index contributed by atoms with van der Waals surface area (Å²) in [5, 5.41) is 9.28. The molecule has 0 aromatic heterocycles. The van der Waals surface area contributed by atoms with Gasteiger partial charge in [-0.2, -0.15) is 0 Å². The van der Waals surface area contributed by atoms with Gasteiger partial charge in [0.25, 0.3) is 0 Å². The number of benzene rings is 1. The van der Waals surface area contributed by atoms with Gasteiger partial charge in [-0.15, -0.1) is 0 Å². The molecule has 0 bridgehead atoms. The maximum atomic E-state index is 12.2. The van der Waals surface area contributed by atoms with Crippen molar-refractivity contribution < 1.29 is 14.6 Å². The molecule has 2 heterocycles. The Labute approximate surface area is 163 Å². The zero-order chi connectivity index (χ0) is 19.4. The van der Waals surface area contributed by atoms with Crippen LogP contribution < -0.4 is 4.74 Å². The van der Waals surface area contributed by atoms with Crippen LogP contribution in [0.1, 0.15) is 56.6 Å². The Morgan fingerprint density at radius 3 is 2.78 bits per heavy atom. The number of methoxy groups -OCH3 is 1. The van der Waals surface area contributed by atoms with E-state index in [4.69, 9.17) is 4.74 Å². The summed E-state index contributed by atoms with van der Waals surface area (Å²) in [6, 6.07) is 6.53. The van der Waals surface area contributed by atoms with Crippen LogP contribution in [-0.2, 0) is 11.3 Å². The molecule has 2 aliphatic heterocycles. The zero-order valence-electron chi connectivity index (χ0n) is 17.0. The molecule has 2 fully saturated rings. The second-order valence-electron chi connectivity index (χ2n) is 8.58. The second-order valence-corrected chi connectivity index (χ2v) is 8.58. The van der Waals surface area contributed by atoms with Crippen LogP contribution in [0.5, 0.6) is 5.75 Å². The van der Waals surface area contributed by atoms with Crippen LogP contribution in [0.25, 0.3) is 0 Å². The van der Waals surface area contributed by atoms with Gasteiger partial charge in [-0.05, 0) is 43.4 Å². The van der Waals surface area contributed by atoms with Gasteiger partial charge in [-0.25, -0.2) is 0 Å². The summed E-state index contributed by atoms with van der Waals surface area (Å²) in [6.45, 7) is 8.72. The van der Waals surface area contributed by atoms with Gasteiger partial charge in [-0.3, -0.25) is 9.69 Å². The number of aliphatic hydroxyl groups is 1. The maximum Gasteiger partial charge on any atom is 0.222 e. The van der Waals surface area contributed by atoms with Gasteiger partial charge in [0.05, 0.1) is 13.7 Å². The predicted molar refractivity (Wildman–Crippen MR) is 107 cm³/mol. The number of piperidine rings is 2. The molecule has 1 atom stereocenters. The van der Waals surface area contributed by atoms with E-state index in [2.05, 4.69) is 36.9 Å². The van der Waals surface area contributed by atoms with Crippen molar-refractivity contribution in [2.24, 2.45) is 5.41 Å². The van der Waals surface area contributed by atoms with Gasteiger partial charge in [0.2, 0.25) is 5.91 Å². The van der Waals surface area contributed by atoms with Crippen molar-refractivity contribution >= 4 is 5.91 Å². The molecule has 0 radical (unpaired) electrons. The van der Waals surface area contributed by atoms with Crippen molar-refractivity contribution in [2.75, 3.05) is 39.9 Å². The Bertz CT molecular complexity index is 661. The Morgan fingerprint density at radius 2 is 2.07 bits per heavy atom. The fourth-order valence-electron chi connectivity index (χ4n) is 4.73. The monoisotopic (exact) mass is 374 g/mol. The second kappa shape index (κ2) is 8.61. The number of carbonyl (C=O) groups excluding carboxylic acids is 1. The van der Waals surface area contributed by atoms with Crippen LogP contribution >= 0.6 is 0 Å². The van der Waals surface area contributed by atoms with E-state index in [-0.39, 0.29) is 17.9 Å². The lowest BCUT2D eigenvalue weighted by molar-refractivity contribution is -0.140. The summed E-state index contributed by atoms with van der Waals surface area (Å²) in [6.07, 6.45) is 3.91. The average Bonchev–Trinajstić information content (AvgIpc) is 2.65. The van der Waals surface area contributed by atoms with Crippen molar-refractivity contribution in [1.29, 1.82) is 0 Å². The third kappa shape index (κ3) is 4.64. The molecule has 5 heteroatoms. The first-order chi connectivity index (χ1) is 13.0. The fraction of sp³-hybridized carbons (Fsp3) is 0.682. The molecule has 0 aliphatic carbocycles. The summed E-state index contributed by atoms with van der Waals surface area (Å²) in [4.78, 5) is 16.5. The minimum Gasteiger partial charge on any atom is -0.496 e. The van der Waals surface area contributed by atoms with Gasteiger partial charge in [0.15, 0.2) is 0 Å². The van der Waals surface area contributed by atoms with Gasteiger partial charge in [0.1, 0.15) is 5.75 Å². The van der Waals surface area contributed by atoms with Crippen molar-refractivity contribution in [3.63, 3.8) is 0 Å². The molecule has 1 aromatic rings. The van der Waals surface area contributed by atoms with E-state index >= 15 is 0 Å². The van der Waals surface area contributed by atoms with E-state index in [0.29, 0.717) is 18.9 Å². The lowest BCUT2D eigenvalue weighted by Crippen LogP contribution is -2.54. The SMILES string of the molecule is COc1ccc(C(C)C)cc1CN1CCC[C@]2(CCC(=O)N(CCO)C2)C1. The van der Waals surface area contributed by atoms with Crippen molar-refractivity contribution in [3.8, 4) is 5.75 Å². The molecule has 5 nitrogen and oxygen atoms in total. The number of β-amino-alcohol motifs (C(OH)–C–C–N with tert-alkyl or cyclic N) is 1. The van der Waals surface area contributed by atoms with Crippen LogP contribution in [0.2, 0.25) is 0 Å². The van der Waals surface area contributed by atoms with Gasteiger partial charge >= 0.3 is 0 Å². The largest absolute Gasteiger partial charge is 0.496 e. The highest BCUT2D eigenvalue weighted by atomic mass is 16.5. The highest BCUT2D eigenvalue weighted by Gasteiger charge is 2.41. The Hall–Kier alpha value is -1.59. The number of nitrogens with zero attached hydrogens (tertiary/aromatic N) is 2. The molecule has 150 valence electrons. The van der Waals surface area contributed by atoms with Gasteiger partial charge < -0.3 is 14.7 Å². The molecule has 2 saturated heterocycles. The molecule has 27 heavy (non-hydrogen) atoms. The average molecular weight is 375 g/mol. The van der Waals surface area contributed by atoms with E-state index in [1.807, 2.05) is 4.90 Å². The van der Waals surface area contributed by atoms with Crippen LogP contribution in [0.15, 0.2) is 18.2 Å². The van der Waals surface area contributed by atoms with E-state index in [1.165, 1.54) is 17.5 Å². The molecule has 1 aromatic carbocycles. The molecule has 2 aliphatic rings. The molecule has 1 amide bonds. The van der Waals surface area contributed by atoms with Gasteiger partial charge in [0, 0.05) is 43.6 Å². The number of rotatable bonds is 6. The van der Waals surface area contributed by atoms with Crippen LogP contribution in [0.3, 0.4) is 0 Å². The van der Waals surface area contributed by atoms with E-state index in [0.717, 1.165) is 44.8 Å². The topological polar surface area (TPSA) is 53.0 Å². The number of carbonyl (C=O) groups is 1. The van der Waals surface area contributed by atoms with E-state index in [9.17, 15) is 9.90 Å². The van der Waals surface area contributed by atoms with Crippen LogP contribution in [0.4, 0.5) is 0 Å². The Morgan fingerprint density at radius 1 is 1.26 bits per heavy atom. The number of amides is 1. The fourth-order valence-corrected chi connectivity index (χ4v) is 4.73. The number of hydrogen-bond acceptors (Lipinski definition) is 4. The van der Waals surface area contributed by atoms with Crippen molar-refractivity contribution in [2.45, 2.75) is 52.0 Å². The van der Waals surface area contributed by atoms with E-state index in [1.54, 1.807) is 7.11 Å². The quantitative estimate of drug-likeness (QED) is 0.832. The predicted octanol–water partition coefficient (Wildman–Crippen LogP) is 3.02. The van der Waals surface area contributed by atoms with Crippen molar-refractivity contribution in [1.82, 2.24) is 9.80 Å². The molecule has 1 N–H and O–H groups in total. The first kappa shape index (κ1) is 20.2. The summed E-state index contributed by atoms with van der Waals surface area (Å²) >= 11 is 0. The minimum absolute atomic E-state index is 0.0464. The standard InChI is InChI=1S/C22H34N2O3/c1-17(2)18-5-6-20(27-3)19(13-18)14-23-10-4-8-22(15-23)9-7-21(26)24(16-22)11-12-25/h5-6,13,17,25H,4,7-12,14-16H2,1-3H3/t22-/m0/s1. The molecular weight excluding hydrogens is 340 g/mol. The lowest BCUT2D eigenvalue weighted by atomic mass is 9.73. The van der Waals surface area contributed by atoms with Crippen LogP contribution in [0, 0.1) is 5.41 Å². The summed E-state index contributed by atoms with van der Waals surface area (Å²) in [5.74, 6) is 1.65. The zero-order valence-corrected chi connectivity index (χ0v) is 17.0. The highest BCUT2D eigenvalue weighted by Crippen LogP contribution is 2.39.